The molecule has 2 atom stereocenters. The lowest BCUT2D eigenvalue weighted by Crippen LogP contribution is -2.49. The molecule has 2 unspecified atom stereocenters. The van der Waals surface area contributed by atoms with Crippen molar-refractivity contribution in [3.05, 3.63) is 64.6 Å². The van der Waals surface area contributed by atoms with Crippen molar-refractivity contribution in [2.24, 2.45) is 0 Å². The van der Waals surface area contributed by atoms with E-state index in [1.54, 1.807) is 36.1 Å². The Bertz CT molecular complexity index is 1050. The first kappa shape index (κ1) is 27.9. The minimum atomic E-state index is -3.50. The van der Waals surface area contributed by atoms with Gasteiger partial charge in [-0.15, -0.1) is 0 Å². The number of para-hydroxylation sites is 1. The van der Waals surface area contributed by atoms with Crippen LogP contribution in [0.1, 0.15) is 45.6 Å². The fraction of sp³-hybridized carbons (Fsp3) is 0.440. The molecule has 186 valence electrons. The van der Waals surface area contributed by atoms with Gasteiger partial charge in [0.05, 0.1) is 11.9 Å². The Balaban J connectivity index is 2.14. The average molecular weight is 553 g/mol. The number of carbonyl (C=O) groups is 2. The van der Waals surface area contributed by atoms with Gasteiger partial charge < -0.3 is 10.2 Å². The standard InChI is InChI=1S/C25H34BrN3O4S/c1-5-19(2)27-25(31)20(3)28(18-21-13-15-22(26)16-14-21)24(30)12-9-17-29(34(4,32)33)23-10-7-6-8-11-23/h6-8,10-11,13-16,19-20H,5,9,12,17-18H2,1-4H3,(H,27,31). The molecule has 0 aromatic heterocycles. The summed E-state index contributed by atoms with van der Waals surface area (Å²) in [4.78, 5) is 27.6. The molecule has 2 aromatic carbocycles. The van der Waals surface area contributed by atoms with Gasteiger partial charge in [-0.1, -0.05) is 53.2 Å². The molecule has 2 rings (SSSR count). The Kier molecular flexibility index (Phi) is 10.6. The first-order valence-electron chi connectivity index (χ1n) is 11.4. The van der Waals surface area contributed by atoms with Crippen LogP contribution in [0, 0.1) is 0 Å². The Morgan fingerprint density at radius 3 is 2.21 bits per heavy atom. The van der Waals surface area contributed by atoms with Crippen LogP contribution in [-0.2, 0) is 26.2 Å². The Hall–Kier alpha value is -2.39. The molecule has 0 spiro atoms. The van der Waals surface area contributed by atoms with E-state index in [-0.39, 0.29) is 37.4 Å². The van der Waals surface area contributed by atoms with Crippen LogP contribution < -0.4 is 9.62 Å². The third-order valence-electron chi connectivity index (χ3n) is 5.63. The number of nitrogens with one attached hydrogen (secondary N) is 1. The maximum atomic E-state index is 13.3. The van der Waals surface area contributed by atoms with Gasteiger partial charge in [0.1, 0.15) is 6.04 Å². The molecule has 2 aromatic rings. The Morgan fingerprint density at radius 1 is 1.03 bits per heavy atom. The normalized spacial score (nSPS) is 13.1. The molecule has 7 nitrogen and oxygen atoms in total. The fourth-order valence-corrected chi connectivity index (χ4v) is 4.66. The number of hydrogen-bond donors (Lipinski definition) is 1. The number of amides is 2. The van der Waals surface area contributed by atoms with Gasteiger partial charge in [0.2, 0.25) is 21.8 Å². The van der Waals surface area contributed by atoms with Crippen LogP contribution in [0.4, 0.5) is 5.69 Å². The summed E-state index contributed by atoms with van der Waals surface area (Å²) in [7, 11) is -3.50. The van der Waals surface area contributed by atoms with Crippen molar-refractivity contribution >= 4 is 43.5 Å². The number of hydrogen-bond acceptors (Lipinski definition) is 4. The lowest BCUT2D eigenvalue weighted by molar-refractivity contribution is -0.140. The zero-order valence-corrected chi connectivity index (χ0v) is 22.6. The van der Waals surface area contributed by atoms with E-state index in [1.165, 1.54) is 4.31 Å². The highest BCUT2D eigenvalue weighted by Gasteiger charge is 2.27. The topological polar surface area (TPSA) is 86.8 Å². The van der Waals surface area contributed by atoms with Crippen LogP contribution in [0.15, 0.2) is 59.1 Å². The van der Waals surface area contributed by atoms with Gasteiger partial charge in [0.15, 0.2) is 0 Å². The monoisotopic (exact) mass is 551 g/mol. The molecule has 0 heterocycles. The first-order chi connectivity index (χ1) is 16.0. The van der Waals surface area contributed by atoms with Gasteiger partial charge in [-0.3, -0.25) is 13.9 Å². The van der Waals surface area contributed by atoms with E-state index in [0.29, 0.717) is 12.1 Å². The molecular weight excluding hydrogens is 518 g/mol. The van der Waals surface area contributed by atoms with Gasteiger partial charge in [-0.2, -0.15) is 0 Å². The van der Waals surface area contributed by atoms with Gasteiger partial charge >= 0.3 is 0 Å². The lowest BCUT2D eigenvalue weighted by atomic mass is 10.1. The molecule has 9 heteroatoms. The van der Waals surface area contributed by atoms with E-state index in [2.05, 4.69) is 21.2 Å². The van der Waals surface area contributed by atoms with Crippen molar-refractivity contribution < 1.29 is 18.0 Å². The van der Waals surface area contributed by atoms with Gasteiger partial charge in [-0.25, -0.2) is 8.42 Å². The second kappa shape index (κ2) is 12.9. The summed E-state index contributed by atoms with van der Waals surface area (Å²) in [5.74, 6) is -0.405. The number of nitrogens with zero attached hydrogens (tertiary/aromatic N) is 2. The number of benzene rings is 2. The summed E-state index contributed by atoms with van der Waals surface area (Å²) in [6.45, 7) is 6.10. The van der Waals surface area contributed by atoms with Crippen LogP contribution in [0.3, 0.4) is 0 Å². The lowest BCUT2D eigenvalue weighted by Gasteiger charge is -2.30. The van der Waals surface area contributed by atoms with Crippen molar-refractivity contribution in [2.75, 3.05) is 17.1 Å². The second-order valence-corrected chi connectivity index (χ2v) is 11.2. The molecule has 0 aliphatic carbocycles. The zero-order chi connectivity index (χ0) is 25.3. The first-order valence-corrected chi connectivity index (χ1v) is 14.0. The molecule has 0 radical (unpaired) electrons. The zero-order valence-electron chi connectivity index (χ0n) is 20.2. The quantitative estimate of drug-likeness (QED) is 0.425. The van der Waals surface area contributed by atoms with Crippen molar-refractivity contribution in [1.82, 2.24) is 10.2 Å². The van der Waals surface area contributed by atoms with Crippen LogP contribution in [0.25, 0.3) is 0 Å². The third kappa shape index (κ3) is 8.43. The summed E-state index contributed by atoms with van der Waals surface area (Å²) in [6.07, 6.45) is 2.40. The van der Waals surface area contributed by atoms with E-state index >= 15 is 0 Å². The largest absolute Gasteiger partial charge is 0.352 e. The molecule has 1 N–H and O–H groups in total. The number of sulfonamides is 1. The minimum Gasteiger partial charge on any atom is -0.352 e. The average Bonchev–Trinajstić information content (AvgIpc) is 2.80. The fourth-order valence-electron chi connectivity index (χ4n) is 3.43. The van der Waals surface area contributed by atoms with Gasteiger partial charge in [0, 0.05) is 30.0 Å². The summed E-state index contributed by atoms with van der Waals surface area (Å²) in [5, 5.41) is 2.95. The van der Waals surface area contributed by atoms with E-state index < -0.39 is 16.1 Å². The minimum absolute atomic E-state index is 0.00812. The predicted molar refractivity (Wildman–Crippen MR) is 140 cm³/mol. The maximum Gasteiger partial charge on any atom is 0.242 e. The maximum absolute atomic E-state index is 13.3. The SMILES string of the molecule is CCC(C)NC(=O)C(C)N(Cc1ccc(Br)cc1)C(=O)CCCN(c1ccccc1)S(C)(=O)=O. The van der Waals surface area contributed by atoms with Crippen LogP contribution >= 0.6 is 15.9 Å². The molecule has 34 heavy (non-hydrogen) atoms. The summed E-state index contributed by atoms with van der Waals surface area (Å²) in [5.41, 5.74) is 1.47. The van der Waals surface area contributed by atoms with E-state index in [4.69, 9.17) is 0 Å². The summed E-state index contributed by atoms with van der Waals surface area (Å²) >= 11 is 3.41. The molecule has 0 bridgehead atoms. The highest BCUT2D eigenvalue weighted by molar-refractivity contribution is 9.10. The molecule has 0 aliphatic heterocycles. The molecular formula is C25H34BrN3O4S. The van der Waals surface area contributed by atoms with Gasteiger partial charge in [0.25, 0.3) is 0 Å². The van der Waals surface area contributed by atoms with Crippen LogP contribution in [0.5, 0.6) is 0 Å². The number of carbonyl (C=O) groups excluding carboxylic acids is 2. The van der Waals surface area contributed by atoms with E-state index in [1.807, 2.05) is 44.2 Å². The van der Waals surface area contributed by atoms with Crippen LogP contribution in [-0.4, -0.2) is 50.0 Å². The summed E-state index contributed by atoms with van der Waals surface area (Å²) < 4.78 is 26.9. The predicted octanol–water partition coefficient (Wildman–Crippen LogP) is 4.33. The highest BCUT2D eigenvalue weighted by Crippen LogP contribution is 2.19. The van der Waals surface area contributed by atoms with E-state index in [0.717, 1.165) is 22.7 Å². The Labute approximate surface area is 211 Å². The molecule has 0 fully saturated rings. The smallest absolute Gasteiger partial charge is 0.242 e. The van der Waals surface area contributed by atoms with E-state index in [9.17, 15) is 18.0 Å². The molecule has 0 saturated heterocycles. The molecule has 0 saturated carbocycles. The van der Waals surface area contributed by atoms with Crippen LogP contribution in [0.2, 0.25) is 0 Å². The number of anilines is 1. The summed E-state index contributed by atoms with van der Waals surface area (Å²) in [6, 6.07) is 15.8. The number of halogens is 1. The Morgan fingerprint density at radius 2 is 1.65 bits per heavy atom. The van der Waals surface area contributed by atoms with Crippen molar-refractivity contribution in [1.29, 1.82) is 0 Å². The number of rotatable bonds is 12. The molecule has 0 aliphatic rings. The molecule has 2 amide bonds. The second-order valence-electron chi connectivity index (χ2n) is 8.42. The third-order valence-corrected chi connectivity index (χ3v) is 7.35. The van der Waals surface area contributed by atoms with Crippen molar-refractivity contribution in [3.8, 4) is 0 Å². The van der Waals surface area contributed by atoms with Crippen molar-refractivity contribution in [3.63, 3.8) is 0 Å². The van der Waals surface area contributed by atoms with Gasteiger partial charge in [-0.05, 0) is 56.5 Å². The van der Waals surface area contributed by atoms with Crippen molar-refractivity contribution in [2.45, 2.75) is 58.7 Å². The highest BCUT2D eigenvalue weighted by atomic mass is 79.9.